The molecule has 0 aromatic carbocycles. The number of nitrogens with one attached hydrogen (secondary N) is 1. The van der Waals surface area contributed by atoms with Gasteiger partial charge >= 0.3 is 0 Å². The van der Waals surface area contributed by atoms with Crippen LogP contribution >= 0.6 is 0 Å². The van der Waals surface area contributed by atoms with Gasteiger partial charge in [0.1, 0.15) is 6.07 Å². The van der Waals surface area contributed by atoms with E-state index in [1.165, 1.54) is 31.2 Å². The van der Waals surface area contributed by atoms with E-state index in [9.17, 15) is 0 Å². The van der Waals surface area contributed by atoms with Crippen molar-refractivity contribution in [3.8, 4) is 6.07 Å². The summed E-state index contributed by atoms with van der Waals surface area (Å²) in [7, 11) is 0. The molecule has 0 radical (unpaired) electrons. The van der Waals surface area contributed by atoms with Crippen LogP contribution in [-0.4, -0.2) is 4.98 Å². The Bertz CT molecular complexity index is 300. The minimum Gasteiger partial charge on any atom is -0.366 e. The van der Waals surface area contributed by atoms with Crippen molar-refractivity contribution >= 4 is 0 Å². The highest BCUT2D eigenvalue weighted by Gasteiger charge is 2.20. The molecular weight excluding hydrogens is 148 g/mol. The molecular formula is C10H12N2. The summed E-state index contributed by atoms with van der Waals surface area (Å²) in [5, 5.41) is 8.80. The molecule has 0 unspecified atom stereocenters. The summed E-state index contributed by atoms with van der Waals surface area (Å²) in [5.74, 6) is 0.644. The Balaban J connectivity index is 2.27. The molecule has 0 aliphatic heterocycles. The summed E-state index contributed by atoms with van der Waals surface area (Å²) in [6, 6.07) is 2.22. The van der Waals surface area contributed by atoms with Gasteiger partial charge in [0.15, 0.2) is 0 Å². The molecule has 0 bridgehead atoms. The topological polar surface area (TPSA) is 39.6 Å². The number of rotatable bonds is 1. The maximum absolute atomic E-state index is 8.80. The molecule has 2 heteroatoms. The van der Waals surface area contributed by atoms with Crippen LogP contribution < -0.4 is 0 Å². The van der Waals surface area contributed by atoms with Crippen LogP contribution in [0.25, 0.3) is 0 Å². The van der Waals surface area contributed by atoms with Gasteiger partial charge in [0, 0.05) is 12.4 Å². The lowest BCUT2D eigenvalue weighted by Gasteiger charge is -2.05. The van der Waals surface area contributed by atoms with Gasteiger partial charge in [-0.2, -0.15) is 5.26 Å². The Labute approximate surface area is 72.2 Å². The SMILES string of the molecule is N#Cc1c[nH]cc1C1CCCC1. The van der Waals surface area contributed by atoms with Crippen LogP contribution in [0.3, 0.4) is 0 Å². The third kappa shape index (κ3) is 1.12. The van der Waals surface area contributed by atoms with Gasteiger partial charge in [0.25, 0.3) is 0 Å². The van der Waals surface area contributed by atoms with Crippen molar-refractivity contribution < 1.29 is 0 Å². The zero-order chi connectivity index (χ0) is 8.39. The zero-order valence-corrected chi connectivity index (χ0v) is 7.01. The fourth-order valence-electron chi connectivity index (χ4n) is 2.05. The number of aromatic amines is 1. The maximum Gasteiger partial charge on any atom is 0.101 e. The molecule has 12 heavy (non-hydrogen) atoms. The van der Waals surface area contributed by atoms with Crippen molar-refractivity contribution in [3.63, 3.8) is 0 Å². The summed E-state index contributed by atoms with van der Waals surface area (Å²) >= 11 is 0. The van der Waals surface area contributed by atoms with E-state index < -0.39 is 0 Å². The lowest BCUT2D eigenvalue weighted by Crippen LogP contribution is -1.91. The van der Waals surface area contributed by atoms with Crippen LogP contribution in [0.2, 0.25) is 0 Å². The smallest absolute Gasteiger partial charge is 0.101 e. The maximum atomic E-state index is 8.80. The largest absolute Gasteiger partial charge is 0.366 e. The molecule has 0 atom stereocenters. The normalized spacial score (nSPS) is 17.9. The lowest BCUT2D eigenvalue weighted by atomic mass is 9.97. The molecule has 2 rings (SSSR count). The molecule has 1 fully saturated rings. The van der Waals surface area contributed by atoms with Gasteiger partial charge in [-0.1, -0.05) is 12.8 Å². The molecule has 2 nitrogen and oxygen atoms in total. The highest BCUT2D eigenvalue weighted by atomic mass is 14.6. The first-order valence-corrected chi connectivity index (χ1v) is 4.48. The number of aromatic nitrogens is 1. The summed E-state index contributed by atoms with van der Waals surface area (Å²) < 4.78 is 0. The quantitative estimate of drug-likeness (QED) is 0.673. The van der Waals surface area contributed by atoms with Crippen molar-refractivity contribution in [2.45, 2.75) is 31.6 Å². The van der Waals surface area contributed by atoms with Crippen molar-refractivity contribution in [1.82, 2.24) is 4.98 Å². The predicted octanol–water partition coefficient (Wildman–Crippen LogP) is 2.54. The van der Waals surface area contributed by atoms with Gasteiger partial charge in [0.05, 0.1) is 5.56 Å². The number of hydrogen-bond acceptors (Lipinski definition) is 1. The van der Waals surface area contributed by atoms with E-state index in [1.54, 1.807) is 6.20 Å². The van der Waals surface area contributed by atoms with Gasteiger partial charge < -0.3 is 4.98 Å². The average Bonchev–Trinajstić information content (AvgIpc) is 2.74. The summed E-state index contributed by atoms with van der Waals surface area (Å²) in [4.78, 5) is 3.00. The van der Waals surface area contributed by atoms with Crippen molar-refractivity contribution in [1.29, 1.82) is 5.26 Å². The summed E-state index contributed by atoms with van der Waals surface area (Å²) in [6.07, 6.45) is 8.93. The van der Waals surface area contributed by atoms with E-state index >= 15 is 0 Å². The van der Waals surface area contributed by atoms with E-state index in [-0.39, 0.29) is 0 Å². The average molecular weight is 160 g/mol. The van der Waals surface area contributed by atoms with Crippen LogP contribution in [0.5, 0.6) is 0 Å². The van der Waals surface area contributed by atoms with Crippen molar-refractivity contribution in [3.05, 3.63) is 23.5 Å². The van der Waals surface area contributed by atoms with E-state index in [2.05, 4.69) is 11.1 Å². The van der Waals surface area contributed by atoms with E-state index in [1.807, 2.05) is 6.20 Å². The molecule has 1 aliphatic rings. The lowest BCUT2D eigenvalue weighted by molar-refractivity contribution is 0.722. The molecule has 0 saturated heterocycles. The Morgan fingerprint density at radius 3 is 2.75 bits per heavy atom. The van der Waals surface area contributed by atoms with Gasteiger partial charge in [-0.25, -0.2) is 0 Å². The Hall–Kier alpha value is -1.23. The van der Waals surface area contributed by atoms with Crippen molar-refractivity contribution in [2.24, 2.45) is 0 Å². The third-order valence-corrected chi connectivity index (χ3v) is 2.69. The Morgan fingerprint density at radius 2 is 2.08 bits per heavy atom. The minimum atomic E-state index is 0.644. The fourth-order valence-corrected chi connectivity index (χ4v) is 2.05. The molecule has 0 amide bonds. The number of H-pyrrole nitrogens is 1. The molecule has 62 valence electrons. The monoisotopic (exact) mass is 160 g/mol. The summed E-state index contributed by atoms with van der Waals surface area (Å²) in [5.41, 5.74) is 2.07. The minimum absolute atomic E-state index is 0.644. The Morgan fingerprint density at radius 1 is 1.33 bits per heavy atom. The summed E-state index contributed by atoms with van der Waals surface area (Å²) in [6.45, 7) is 0. The number of nitrogens with zero attached hydrogens (tertiary/aromatic N) is 1. The molecule has 0 spiro atoms. The predicted molar refractivity (Wildman–Crippen MR) is 46.7 cm³/mol. The number of nitriles is 1. The third-order valence-electron chi connectivity index (χ3n) is 2.69. The second-order valence-electron chi connectivity index (χ2n) is 3.42. The van der Waals surface area contributed by atoms with Crippen LogP contribution in [0.1, 0.15) is 42.7 Å². The van der Waals surface area contributed by atoms with Crippen LogP contribution in [0.15, 0.2) is 12.4 Å². The standard InChI is InChI=1S/C10H12N2/c11-5-9-6-12-7-10(9)8-3-1-2-4-8/h6-8,12H,1-4H2. The van der Waals surface area contributed by atoms with E-state index in [0.29, 0.717) is 5.92 Å². The fraction of sp³-hybridized carbons (Fsp3) is 0.500. The first kappa shape index (κ1) is 7.42. The van der Waals surface area contributed by atoms with E-state index in [0.717, 1.165) is 5.56 Å². The van der Waals surface area contributed by atoms with Crippen molar-refractivity contribution in [2.75, 3.05) is 0 Å². The van der Waals surface area contributed by atoms with Gasteiger partial charge in [-0.05, 0) is 24.3 Å². The van der Waals surface area contributed by atoms with Gasteiger partial charge in [0.2, 0.25) is 0 Å². The second-order valence-corrected chi connectivity index (χ2v) is 3.42. The van der Waals surface area contributed by atoms with Gasteiger partial charge in [-0.15, -0.1) is 0 Å². The first-order chi connectivity index (χ1) is 5.92. The zero-order valence-electron chi connectivity index (χ0n) is 7.01. The molecule has 1 aliphatic carbocycles. The van der Waals surface area contributed by atoms with E-state index in [4.69, 9.17) is 5.26 Å². The second kappa shape index (κ2) is 3.02. The highest BCUT2D eigenvalue weighted by Crippen LogP contribution is 2.35. The van der Waals surface area contributed by atoms with Crippen LogP contribution in [-0.2, 0) is 0 Å². The Kier molecular flexibility index (Phi) is 1.87. The molecule has 1 aromatic heterocycles. The molecule has 1 aromatic rings. The van der Waals surface area contributed by atoms with Crippen LogP contribution in [0, 0.1) is 11.3 Å². The molecule has 1 saturated carbocycles. The van der Waals surface area contributed by atoms with Gasteiger partial charge in [-0.3, -0.25) is 0 Å². The molecule has 1 heterocycles. The number of hydrogen-bond donors (Lipinski definition) is 1. The molecule has 1 N–H and O–H groups in total. The first-order valence-electron chi connectivity index (χ1n) is 4.48. The highest BCUT2D eigenvalue weighted by molar-refractivity contribution is 5.37. The van der Waals surface area contributed by atoms with Crippen LogP contribution in [0.4, 0.5) is 0 Å².